The first-order chi connectivity index (χ1) is 14.2. The van der Waals surface area contributed by atoms with Gasteiger partial charge in [-0.05, 0) is 42.2 Å². The molecule has 0 aliphatic carbocycles. The zero-order chi connectivity index (χ0) is 19.4. The van der Waals surface area contributed by atoms with E-state index in [4.69, 9.17) is 9.73 Å². The van der Waals surface area contributed by atoms with Crippen LogP contribution in [0.5, 0.6) is 0 Å². The molecule has 2 aromatic heterocycles. The van der Waals surface area contributed by atoms with Crippen molar-refractivity contribution in [3.63, 3.8) is 0 Å². The second-order valence-corrected chi connectivity index (χ2v) is 8.20. The summed E-state index contributed by atoms with van der Waals surface area (Å²) in [5, 5.41) is 4.31. The number of ether oxygens (including phenoxy) is 1. The molecule has 6 nitrogen and oxygen atoms in total. The lowest BCUT2D eigenvalue weighted by Gasteiger charge is -2.33. The van der Waals surface area contributed by atoms with Gasteiger partial charge in [-0.15, -0.1) is 0 Å². The Labute approximate surface area is 169 Å². The number of benzene rings is 1. The molecule has 29 heavy (non-hydrogen) atoms. The molecule has 2 atom stereocenters. The minimum Gasteiger partial charge on any atom is -0.371 e. The number of anilines is 1. The van der Waals surface area contributed by atoms with Gasteiger partial charge in [0.1, 0.15) is 5.82 Å². The number of aryl methyl sites for hydroxylation is 1. The molecule has 0 N–H and O–H groups in total. The summed E-state index contributed by atoms with van der Waals surface area (Å²) in [6.07, 6.45) is 8.90. The number of fused-ring (bicyclic) bond motifs is 3. The number of hydrogen-bond acceptors (Lipinski definition) is 5. The highest BCUT2D eigenvalue weighted by Gasteiger charge is 2.34. The van der Waals surface area contributed by atoms with E-state index in [1.54, 1.807) is 0 Å². The van der Waals surface area contributed by atoms with Crippen molar-refractivity contribution in [1.82, 2.24) is 14.8 Å². The van der Waals surface area contributed by atoms with Crippen LogP contribution >= 0.6 is 0 Å². The van der Waals surface area contributed by atoms with Gasteiger partial charge in [-0.1, -0.05) is 12.1 Å². The van der Waals surface area contributed by atoms with Crippen LogP contribution in [0.25, 0.3) is 11.1 Å². The van der Waals surface area contributed by atoms with Crippen LogP contribution in [-0.4, -0.2) is 45.8 Å². The molecule has 6 heteroatoms. The van der Waals surface area contributed by atoms with Gasteiger partial charge < -0.3 is 9.64 Å². The van der Waals surface area contributed by atoms with Crippen LogP contribution < -0.4 is 4.90 Å². The first-order valence-corrected chi connectivity index (χ1v) is 10.3. The second kappa shape index (κ2) is 6.52. The van der Waals surface area contributed by atoms with Crippen LogP contribution in [0.3, 0.4) is 0 Å². The summed E-state index contributed by atoms with van der Waals surface area (Å²) in [6.45, 7) is 2.60. The fraction of sp³-hybridized carbons (Fsp3) is 0.348. The molecule has 0 spiro atoms. The van der Waals surface area contributed by atoms with Crippen LogP contribution in [-0.2, 0) is 18.3 Å². The van der Waals surface area contributed by atoms with E-state index in [0.717, 1.165) is 55.1 Å². The molecule has 2 unspecified atom stereocenters. The third-order valence-corrected chi connectivity index (χ3v) is 6.20. The highest BCUT2D eigenvalue weighted by atomic mass is 16.5. The third kappa shape index (κ3) is 2.95. The van der Waals surface area contributed by atoms with E-state index in [-0.39, 0.29) is 0 Å². The molecule has 2 saturated heterocycles. The monoisotopic (exact) mass is 385 g/mol. The Balaban J connectivity index is 1.33. The van der Waals surface area contributed by atoms with Crippen molar-refractivity contribution in [3.8, 4) is 11.1 Å². The second-order valence-electron chi connectivity index (χ2n) is 8.20. The minimum atomic E-state index is 0.353. The molecule has 3 aromatic rings. The van der Waals surface area contributed by atoms with E-state index < -0.39 is 0 Å². The standard InChI is InChI=1S/C23H23N5O/c1-27-12-18(11-26-27)15-2-3-17-10-25-23(21(17)8-15)16-6-7-24-22(9-16)28-13-19-4-5-20(14-28)29-19/h2-3,6-9,11-12,19-20H,4-5,10,13-14H2,1H3. The number of nitrogens with zero attached hydrogens (tertiary/aromatic N) is 5. The summed E-state index contributed by atoms with van der Waals surface area (Å²) in [5.74, 6) is 1.03. The first kappa shape index (κ1) is 16.9. The summed E-state index contributed by atoms with van der Waals surface area (Å²) in [4.78, 5) is 11.9. The van der Waals surface area contributed by atoms with Crippen molar-refractivity contribution in [3.05, 3.63) is 65.6 Å². The Morgan fingerprint density at radius 1 is 1.00 bits per heavy atom. The van der Waals surface area contributed by atoms with Crippen LogP contribution in [0.2, 0.25) is 0 Å². The normalized spacial score (nSPS) is 22.7. The molecule has 2 bridgehead atoms. The molecule has 0 amide bonds. The average molecular weight is 385 g/mol. The van der Waals surface area contributed by atoms with Gasteiger partial charge in [-0.25, -0.2) is 4.98 Å². The SMILES string of the molecule is Cn1cc(-c2ccc3c(c2)C(c2ccnc(N4CC5CCC(C4)O5)c2)=NC3)cn1. The van der Waals surface area contributed by atoms with Gasteiger partial charge in [0, 0.05) is 49.2 Å². The summed E-state index contributed by atoms with van der Waals surface area (Å²) >= 11 is 0. The Morgan fingerprint density at radius 2 is 1.86 bits per heavy atom. The molecular weight excluding hydrogens is 362 g/mol. The maximum Gasteiger partial charge on any atom is 0.129 e. The number of aliphatic imine (C=N–C) groups is 1. The molecule has 0 saturated carbocycles. The number of rotatable bonds is 3. The molecule has 0 radical (unpaired) electrons. The van der Waals surface area contributed by atoms with Gasteiger partial charge in [-0.2, -0.15) is 5.10 Å². The van der Waals surface area contributed by atoms with Gasteiger partial charge in [0.05, 0.1) is 30.7 Å². The van der Waals surface area contributed by atoms with E-state index in [9.17, 15) is 0 Å². The van der Waals surface area contributed by atoms with Gasteiger partial charge in [0.15, 0.2) is 0 Å². The smallest absolute Gasteiger partial charge is 0.129 e. The van der Waals surface area contributed by atoms with E-state index in [0.29, 0.717) is 12.2 Å². The summed E-state index contributed by atoms with van der Waals surface area (Å²) in [5.41, 5.74) is 6.98. The summed E-state index contributed by atoms with van der Waals surface area (Å²) < 4.78 is 7.82. The molecular formula is C23H23N5O. The molecule has 2 fully saturated rings. The quantitative estimate of drug-likeness (QED) is 0.695. The van der Waals surface area contributed by atoms with Crippen molar-refractivity contribution >= 4 is 11.5 Å². The number of morpholine rings is 1. The van der Waals surface area contributed by atoms with E-state index >= 15 is 0 Å². The molecule has 5 heterocycles. The highest BCUT2D eigenvalue weighted by Crippen LogP contribution is 2.31. The van der Waals surface area contributed by atoms with Crippen molar-refractivity contribution < 1.29 is 4.74 Å². The minimum absolute atomic E-state index is 0.353. The largest absolute Gasteiger partial charge is 0.371 e. The lowest BCUT2D eigenvalue weighted by Crippen LogP contribution is -2.43. The Hall–Kier alpha value is -2.99. The van der Waals surface area contributed by atoms with Crippen LogP contribution in [0.15, 0.2) is 53.9 Å². The highest BCUT2D eigenvalue weighted by molar-refractivity contribution is 6.15. The lowest BCUT2D eigenvalue weighted by atomic mass is 9.96. The van der Waals surface area contributed by atoms with Crippen molar-refractivity contribution in [1.29, 1.82) is 0 Å². The Kier molecular flexibility index (Phi) is 3.81. The fourth-order valence-corrected chi connectivity index (χ4v) is 4.72. The third-order valence-electron chi connectivity index (χ3n) is 6.20. The predicted octanol–water partition coefficient (Wildman–Crippen LogP) is 3.20. The number of aromatic nitrogens is 3. The number of hydrogen-bond donors (Lipinski definition) is 0. The Morgan fingerprint density at radius 3 is 2.66 bits per heavy atom. The zero-order valence-corrected chi connectivity index (χ0v) is 16.5. The van der Waals surface area contributed by atoms with Gasteiger partial charge in [-0.3, -0.25) is 9.67 Å². The van der Waals surface area contributed by atoms with E-state index in [2.05, 4.69) is 45.3 Å². The predicted molar refractivity (Wildman–Crippen MR) is 112 cm³/mol. The topological polar surface area (TPSA) is 55.5 Å². The maximum atomic E-state index is 5.98. The van der Waals surface area contributed by atoms with E-state index in [1.165, 1.54) is 16.7 Å². The summed E-state index contributed by atoms with van der Waals surface area (Å²) in [7, 11) is 1.94. The van der Waals surface area contributed by atoms with Gasteiger partial charge >= 0.3 is 0 Å². The van der Waals surface area contributed by atoms with Crippen LogP contribution in [0.1, 0.15) is 29.5 Å². The van der Waals surface area contributed by atoms with E-state index in [1.807, 2.05) is 30.3 Å². The van der Waals surface area contributed by atoms with Crippen molar-refractivity contribution in [2.45, 2.75) is 31.6 Å². The van der Waals surface area contributed by atoms with Gasteiger partial charge in [0.25, 0.3) is 0 Å². The van der Waals surface area contributed by atoms with Crippen LogP contribution in [0.4, 0.5) is 5.82 Å². The lowest BCUT2D eigenvalue weighted by molar-refractivity contribution is 0.0302. The molecule has 3 aliphatic heterocycles. The molecule has 1 aromatic carbocycles. The summed E-state index contributed by atoms with van der Waals surface area (Å²) in [6, 6.07) is 10.9. The van der Waals surface area contributed by atoms with Crippen molar-refractivity contribution in [2.24, 2.45) is 12.0 Å². The molecule has 6 rings (SSSR count). The van der Waals surface area contributed by atoms with Gasteiger partial charge in [0.2, 0.25) is 0 Å². The number of pyridine rings is 1. The molecule has 146 valence electrons. The average Bonchev–Trinajstić information content (AvgIpc) is 3.46. The maximum absolute atomic E-state index is 5.98. The fourth-order valence-electron chi connectivity index (χ4n) is 4.72. The first-order valence-electron chi connectivity index (χ1n) is 10.3. The zero-order valence-electron chi connectivity index (χ0n) is 16.5. The van der Waals surface area contributed by atoms with Crippen molar-refractivity contribution in [2.75, 3.05) is 18.0 Å². The molecule has 3 aliphatic rings. The Bertz CT molecular complexity index is 1110. The van der Waals surface area contributed by atoms with Crippen LogP contribution in [0, 0.1) is 0 Å².